The highest BCUT2D eigenvalue weighted by atomic mass is 32.2. The zero-order chi connectivity index (χ0) is 13.9. The van der Waals surface area contributed by atoms with Gasteiger partial charge >= 0.3 is 0 Å². The maximum Gasteiger partial charge on any atom is 0.186 e. The van der Waals surface area contributed by atoms with Crippen LogP contribution in [0.15, 0.2) is 34.5 Å². The van der Waals surface area contributed by atoms with Gasteiger partial charge < -0.3 is 0 Å². The summed E-state index contributed by atoms with van der Waals surface area (Å²) in [6.45, 7) is 2.04. The summed E-state index contributed by atoms with van der Waals surface area (Å²) in [4.78, 5) is 3.99. The number of benzene rings is 1. The number of thiazole rings is 1. The fourth-order valence-electron chi connectivity index (χ4n) is 1.71. The summed E-state index contributed by atoms with van der Waals surface area (Å²) in [5.74, 6) is -0.972. The molecule has 1 aromatic carbocycles. The van der Waals surface area contributed by atoms with E-state index in [1.807, 2.05) is 6.92 Å². The van der Waals surface area contributed by atoms with Crippen molar-refractivity contribution in [1.82, 2.24) is 4.98 Å². The van der Waals surface area contributed by atoms with Gasteiger partial charge in [0.15, 0.2) is 9.84 Å². The minimum Gasteiger partial charge on any atom is -0.245 e. The molecule has 102 valence electrons. The molecule has 0 amide bonds. The molecule has 2 aromatic rings. The van der Waals surface area contributed by atoms with Gasteiger partial charge in [-0.3, -0.25) is 0 Å². The third-order valence-electron chi connectivity index (χ3n) is 2.57. The SMILES string of the molecule is CCCc1nc(CS(=O)(=O)c2ccccc2F)cs1. The Morgan fingerprint density at radius 1 is 1.32 bits per heavy atom. The molecule has 2 rings (SSSR count). The van der Waals surface area contributed by atoms with E-state index in [0.717, 1.165) is 23.9 Å². The summed E-state index contributed by atoms with van der Waals surface area (Å²) in [5, 5.41) is 2.64. The van der Waals surface area contributed by atoms with Crippen molar-refractivity contribution in [3.63, 3.8) is 0 Å². The highest BCUT2D eigenvalue weighted by molar-refractivity contribution is 7.90. The molecule has 6 heteroatoms. The van der Waals surface area contributed by atoms with Gasteiger partial charge in [-0.05, 0) is 25.0 Å². The van der Waals surface area contributed by atoms with Crippen molar-refractivity contribution in [2.75, 3.05) is 0 Å². The predicted molar refractivity (Wildman–Crippen MR) is 73.4 cm³/mol. The van der Waals surface area contributed by atoms with Gasteiger partial charge in [-0.2, -0.15) is 0 Å². The third-order valence-corrected chi connectivity index (χ3v) is 5.21. The highest BCUT2D eigenvalue weighted by Gasteiger charge is 2.20. The third kappa shape index (κ3) is 3.39. The smallest absolute Gasteiger partial charge is 0.186 e. The Kier molecular flexibility index (Phi) is 4.31. The Bertz CT molecular complexity index is 665. The first-order valence-corrected chi connectivity index (χ1v) is 8.46. The molecule has 0 unspecified atom stereocenters. The van der Waals surface area contributed by atoms with Crippen LogP contribution < -0.4 is 0 Å². The summed E-state index contributed by atoms with van der Waals surface area (Å²) in [6.07, 6.45) is 1.80. The van der Waals surface area contributed by atoms with E-state index in [0.29, 0.717) is 5.69 Å². The average Bonchev–Trinajstić information content (AvgIpc) is 2.76. The molecule has 0 fully saturated rings. The predicted octanol–water partition coefficient (Wildman–Crippen LogP) is 3.21. The van der Waals surface area contributed by atoms with Crippen LogP contribution >= 0.6 is 11.3 Å². The molecule has 3 nitrogen and oxygen atoms in total. The van der Waals surface area contributed by atoms with Gasteiger partial charge in [0.25, 0.3) is 0 Å². The molecule has 0 radical (unpaired) electrons. The number of aromatic nitrogens is 1. The minimum absolute atomic E-state index is 0.256. The molecule has 0 spiro atoms. The molecule has 0 N–H and O–H groups in total. The molecule has 19 heavy (non-hydrogen) atoms. The van der Waals surface area contributed by atoms with Crippen LogP contribution in [0.1, 0.15) is 24.0 Å². The highest BCUT2D eigenvalue weighted by Crippen LogP contribution is 2.21. The Morgan fingerprint density at radius 2 is 2.05 bits per heavy atom. The van der Waals surface area contributed by atoms with Gasteiger partial charge in [0.2, 0.25) is 0 Å². The second-order valence-corrected chi connectivity index (χ2v) is 7.07. The summed E-state index contributed by atoms with van der Waals surface area (Å²) in [7, 11) is -3.68. The molecule has 0 atom stereocenters. The lowest BCUT2D eigenvalue weighted by atomic mass is 10.3. The maximum absolute atomic E-state index is 13.5. The first-order chi connectivity index (χ1) is 9.03. The number of aryl methyl sites for hydroxylation is 1. The molecular formula is C13H14FNO2S2. The first-order valence-electron chi connectivity index (χ1n) is 5.93. The lowest BCUT2D eigenvalue weighted by molar-refractivity contribution is 0.566. The molecule has 0 aliphatic rings. The van der Waals surface area contributed by atoms with Gasteiger partial charge in [0.05, 0.1) is 16.5 Å². The Hall–Kier alpha value is -1.27. The summed E-state index contributed by atoms with van der Waals surface area (Å²) >= 11 is 1.44. The van der Waals surface area contributed by atoms with E-state index in [9.17, 15) is 12.8 Å². The van der Waals surface area contributed by atoms with E-state index in [1.165, 1.54) is 29.5 Å². The maximum atomic E-state index is 13.5. The molecule has 0 aliphatic carbocycles. The number of hydrogen-bond acceptors (Lipinski definition) is 4. The first kappa shape index (κ1) is 14.1. The monoisotopic (exact) mass is 299 g/mol. The molecule has 0 saturated carbocycles. The van der Waals surface area contributed by atoms with Crippen molar-refractivity contribution in [3.05, 3.63) is 46.2 Å². The summed E-state index contributed by atoms with van der Waals surface area (Å²) in [6, 6.07) is 5.41. The van der Waals surface area contributed by atoms with Crippen LogP contribution in [0.25, 0.3) is 0 Å². The van der Waals surface area contributed by atoms with Crippen LogP contribution in [-0.2, 0) is 22.0 Å². The van der Waals surface area contributed by atoms with E-state index in [-0.39, 0.29) is 10.6 Å². The lowest BCUT2D eigenvalue weighted by Gasteiger charge is -2.03. The van der Waals surface area contributed by atoms with Crippen LogP contribution in [0.3, 0.4) is 0 Å². The van der Waals surface area contributed by atoms with Gasteiger partial charge in [0, 0.05) is 5.38 Å². The lowest BCUT2D eigenvalue weighted by Crippen LogP contribution is -2.07. The van der Waals surface area contributed by atoms with Crippen LogP contribution in [0.2, 0.25) is 0 Å². The standard InChI is InChI=1S/C13H14FNO2S2/c1-2-5-13-15-10(8-18-13)9-19(16,17)12-7-4-3-6-11(12)14/h3-4,6-8H,2,5,9H2,1H3. The summed E-state index contributed by atoms with van der Waals surface area (Å²) < 4.78 is 37.7. The Balaban J connectivity index is 2.24. The fourth-order valence-corrected chi connectivity index (χ4v) is 4.06. The van der Waals surface area contributed by atoms with Crippen molar-refractivity contribution >= 4 is 21.2 Å². The summed E-state index contributed by atoms with van der Waals surface area (Å²) in [5.41, 5.74) is 0.483. The Morgan fingerprint density at radius 3 is 2.74 bits per heavy atom. The van der Waals surface area contributed by atoms with E-state index >= 15 is 0 Å². The van der Waals surface area contributed by atoms with Crippen LogP contribution in [0, 0.1) is 5.82 Å². The molecule has 0 aliphatic heterocycles. The minimum atomic E-state index is -3.68. The molecule has 1 heterocycles. The van der Waals surface area contributed by atoms with Crippen molar-refractivity contribution in [2.24, 2.45) is 0 Å². The number of nitrogens with zero attached hydrogens (tertiary/aromatic N) is 1. The van der Waals surface area contributed by atoms with Gasteiger partial charge in [-0.1, -0.05) is 19.1 Å². The average molecular weight is 299 g/mol. The topological polar surface area (TPSA) is 47.0 Å². The van der Waals surface area contributed by atoms with Crippen LogP contribution in [0.5, 0.6) is 0 Å². The fraction of sp³-hybridized carbons (Fsp3) is 0.308. The van der Waals surface area contributed by atoms with Crippen LogP contribution in [0.4, 0.5) is 4.39 Å². The van der Waals surface area contributed by atoms with Crippen LogP contribution in [-0.4, -0.2) is 13.4 Å². The number of hydrogen-bond donors (Lipinski definition) is 0. The largest absolute Gasteiger partial charge is 0.245 e. The van der Waals surface area contributed by atoms with E-state index in [2.05, 4.69) is 4.98 Å². The Labute approximate surface area is 116 Å². The number of sulfone groups is 1. The number of rotatable bonds is 5. The zero-order valence-corrected chi connectivity index (χ0v) is 12.1. The van der Waals surface area contributed by atoms with E-state index in [4.69, 9.17) is 0 Å². The van der Waals surface area contributed by atoms with E-state index < -0.39 is 15.7 Å². The van der Waals surface area contributed by atoms with Crippen molar-refractivity contribution in [1.29, 1.82) is 0 Å². The van der Waals surface area contributed by atoms with Crippen molar-refractivity contribution < 1.29 is 12.8 Å². The van der Waals surface area contributed by atoms with Crippen molar-refractivity contribution in [2.45, 2.75) is 30.4 Å². The molecular weight excluding hydrogens is 285 g/mol. The quantitative estimate of drug-likeness (QED) is 0.851. The molecule has 1 aromatic heterocycles. The van der Waals surface area contributed by atoms with Gasteiger partial charge in [-0.15, -0.1) is 11.3 Å². The van der Waals surface area contributed by atoms with Gasteiger partial charge in [0.1, 0.15) is 10.7 Å². The normalized spacial score (nSPS) is 11.7. The zero-order valence-electron chi connectivity index (χ0n) is 10.5. The second kappa shape index (κ2) is 5.79. The molecule has 0 saturated heterocycles. The number of halogens is 1. The van der Waals surface area contributed by atoms with Crippen molar-refractivity contribution in [3.8, 4) is 0 Å². The van der Waals surface area contributed by atoms with Gasteiger partial charge in [-0.25, -0.2) is 17.8 Å². The molecule has 0 bridgehead atoms. The van der Waals surface area contributed by atoms with E-state index in [1.54, 1.807) is 5.38 Å². The second-order valence-electron chi connectivity index (χ2n) is 4.17.